The van der Waals surface area contributed by atoms with E-state index in [-0.39, 0.29) is 17.5 Å². The van der Waals surface area contributed by atoms with Crippen molar-refractivity contribution in [2.75, 3.05) is 5.73 Å². The third-order valence-corrected chi connectivity index (χ3v) is 1.58. The van der Waals surface area contributed by atoms with Crippen molar-refractivity contribution in [2.45, 2.75) is 6.92 Å². The van der Waals surface area contributed by atoms with Gasteiger partial charge in [0, 0.05) is 11.8 Å². The lowest BCUT2D eigenvalue weighted by Crippen LogP contribution is -2.12. The van der Waals surface area contributed by atoms with Crippen molar-refractivity contribution in [3.05, 3.63) is 28.3 Å². The number of rotatable bonds is 1. The number of anilines is 1. The van der Waals surface area contributed by atoms with Crippen LogP contribution in [0.3, 0.4) is 0 Å². The maximum Gasteiger partial charge on any atom is 0.293 e. The minimum atomic E-state index is -0.200. The number of aromatic amines is 1. The van der Waals surface area contributed by atoms with Gasteiger partial charge in [0.1, 0.15) is 0 Å². The number of hydrogen-bond donors (Lipinski definition) is 2. The van der Waals surface area contributed by atoms with E-state index in [1.54, 1.807) is 6.92 Å². The molecule has 0 spiro atoms. The molecule has 6 heteroatoms. The quantitative estimate of drug-likeness (QED) is 0.648. The fourth-order valence-corrected chi connectivity index (χ4v) is 1.06. The SMILES string of the molecule is Cc1cc(=O)n(-c2cnc(N)o2)[nH]1. The number of nitrogens with one attached hydrogen (secondary N) is 1. The normalized spacial score (nSPS) is 10.5. The van der Waals surface area contributed by atoms with Crippen LogP contribution in [0.25, 0.3) is 5.88 Å². The summed E-state index contributed by atoms with van der Waals surface area (Å²) in [6.07, 6.45) is 1.38. The number of nitrogens with two attached hydrogens (primary N) is 1. The lowest BCUT2D eigenvalue weighted by atomic mass is 10.5. The predicted molar refractivity (Wildman–Crippen MR) is 45.6 cm³/mol. The first-order chi connectivity index (χ1) is 6.16. The molecule has 2 rings (SSSR count). The first-order valence-electron chi connectivity index (χ1n) is 3.67. The number of nitrogen functional groups attached to an aromatic ring is 1. The summed E-state index contributed by atoms with van der Waals surface area (Å²) in [4.78, 5) is 14.9. The van der Waals surface area contributed by atoms with Gasteiger partial charge in [0.2, 0.25) is 5.88 Å². The second-order valence-electron chi connectivity index (χ2n) is 2.65. The van der Waals surface area contributed by atoms with Crippen LogP contribution in [0.5, 0.6) is 0 Å². The zero-order chi connectivity index (χ0) is 9.42. The van der Waals surface area contributed by atoms with E-state index in [1.807, 2.05) is 0 Å². The van der Waals surface area contributed by atoms with Crippen LogP contribution in [0.1, 0.15) is 5.69 Å². The third kappa shape index (κ3) is 1.22. The first-order valence-corrected chi connectivity index (χ1v) is 3.67. The Morgan fingerprint density at radius 2 is 2.46 bits per heavy atom. The molecule has 13 heavy (non-hydrogen) atoms. The highest BCUT2D eigenvalue weighted by atomic mass is 16.4. The summed E-state index contributed by atoms with van der Waals surface area (Å²) in [6, 6.07) is 1.49. The largest absolute Gasteiger partial charge is 0.405 e. The molecule has 0 saturated carbocycles. The first kappa shape index (κ1) is 7.66. The monoisotopic (exact) mass is 180 g/mol. The van der Waals surface area contributed by atoms with Crippen LogP contribution < -0.4 is 11.3 Å². The summed E-state index contributed by atoms with van der Waals surface area (Å²) in [5, 5.41) is 2.79. The molecule has 0 unspecified atom stereocenters. The Balaban J connectivity index is 2.58. The second kappa shape index (κ2) is 2.51. The molecule has 3 N–H and O–H groups in total. The maximum absolute atomic E-state index is 11.3. The van der Waals surface area contributed by atoms with Crippen LogP contribution in [0.15, 0.2) is 21.5 Å². The summed E-state index contributed by atoms with van der Waals surface area (Å²) in [7, 11) is 0. The van der Waals surface area contributed by atoms with Crippen molar-refractivity contribution < 1.29 is 4.42 Å². The van der Waals surface area contributed by atoms with E-state index in [1.165, 1.54) is 16.9 Å². The average Bonchev–Trinajstić information content (AvgIpc) is 2.58. The van der Waals surface area contributed by atoms with Crippen molar-refractivity contribution in [3.8, 4) is 5.88 Å². The minimum Gasteiger partial charge on any atom is -0.405 e. The second-order valence-corrected chi connectivity index (χ2v) is 2.65. The summed E-state index contributed by atoms with van der Waals surface area (Å²) in [5.74, 6) is 0.288. The van der Waals surface area contributed by atoms with Gasteiger partial charge < -0.3 is 10.2 Å². The van der Waals surface area contributed by atoms with Gasteiger partial charge in [-0.25, -0.2) is 0 Å². The minimum absolute atomic E-state index is 0.0363. The highest BCUT2D eigenvalue weighted by Gasteiger charge is 2.06. The number of aromatic nitrogens is 3. The molecule has 0 radical (unpaired) electrons. The smallest absolute Gasteiger partial charge is 0.293 e. The van der Waals surface area contributed by atoms with Gasteiger partial charge in [-0.2, -0.15) is 9.67 Å². The van der Waals surface area contributed by atoms with Crippen molar-refractivity contribution in [3.63, 3.8) is 0 Å². The van der Waals surface area contributed by atoms with Gasteiger partial charge in [-0.05, 0) is 6.92 Å². The van der Waals surface area contributed by atoms with Crippen LogP contribution in [0.2, 0.25) is 0 Å². The Morgan fingerprint density at radius 3 is 2.92 bits per heavy atom. The van der Waals surface area contributed by atoms with Gasteiger partial charge in [-0.1, -0.05) is 0 Å². The van der Waals surface area contributed by atoms with Crippen LogP contribution in [-0.4, -0.2) is 14.8 Å². The van der Waals surface area contributed by atoms with E-state index in [4.69, 9.17) is 10.2 Å². The van der Waals surface area contributed by atoms with Gasteiger partial charge in [-0.3, -0.25) is 9.89 Å². The number of nitrogens with zero attached hydrogens (tertiary/aromatic N) is 2. The summed E-state index contributed by atoms with van der Waals surface area (Å²) in [5.41, 5.74) is 5.82. The van der Waals surface area contributed by atoms with Crippen molar-refractivity contribution in [2.24, 2.45) is 0 Å². The fourth-order valence-electron chi connectivity index (χ4n) is 1.06. The number of aryl methyl sites for hydroxylation is 1. The molecule has 0 aliphatic heterocycles. The Bertz CT molecular complexity index is 479. The molecule has 68 valence electrons. The van der Waals surface area contributed by atoms with Gasteiger partial charge in [0.15, 0.2) is 0 Å². The van der Waals surface area contributed by atoms with E-state index in [0.29, 0.717) is 0 Å². The lowest BCUT2D eigenvalue weighted by molar-refractivity contribution is 0.529. The Hall–Kier alpha value is -1.98. The van der Waals surface area contributed by atoms with E-state index < -0.39 is 0 Å². The van der Waals surface area contributed by atoms with Crippen molar-refractivity contribution >= 4 is 6.01 Å². The Morgan fingerprint density at radius 1 is 1.69 bits per heavy atom. The van der Waals surface area contributed by atoms with Crippen LogP contribution in [-0.2, 0) is 0 Å². The number of H-pyrrole nitrogens is 1. The van der Waals surface area contributed by atoms with Gasteiger partial charge in [-0.15, -0.1) is 0 Å². The average molecular weight is 180 g/mol. The zero-order valence-electron chi connectivity index (χ0n) is 6.94. The zero-order valence-corrected chi connectivity index (χ0v) is 6.94. The van der Waals surface area contributed by atoms with Crippen molar-refractivity contribution in [1.82, 2.24) is 14.8 Å². The Kier molecular flexibility index (Phi) is 1.48. The van der Waals surface area contributed by atoms with E-state index in [0.717, 1.165) is 5.69 Å². The molecule has 0 aliphatic carbocycles. The van der Waals surface area contributed by atoms with Crippen molar-refractivity contribution in [1.29, 1.82) is 0 Å². The molecule has 6 nitrogen and oxygen atoms in total. The molecule has 0 fully saturated rings. The van der Waals surface area contributed by atoms with Gasteiger partial charge >= 0.3 is 0 Å². The van der Waals surface area contributed by atoms with E-state index in [9.17, 15) is 4.79 Å². The molecule has 2 aromatic rings. The summed E-state index contributed by atoms with van der Waals surface area (Å²) >= 11 is 0. The van der Waals surface area contributed by atoms with Crippen LogP contribution >= 0.6 is 0 Å². The molecule has 0 aromatic carbocycles. The highest BCUT2D eigenvalue weighted by Crippen LogP contribution is 2.07. The van der Waals surface area contributed by atoms with Crippen LogP contribution in [0, 0.1) is 6.92 Å². The molecule has 0 aliphatic rings. The van der Waals surface area contributed by atoms with Crippen LogP contribution in [0.4, 0.5) is 6.01 Å². The van der Waals surface area contributed by atoms with E-state index >= 15 is 0 Å². The van der Waals surface area contributed by atoms with Gasteiger partial charge in [0.05, 0.1) is 6.20 Å². The molecule has 0 bridgehead atoms. The topological polar surface area (TPSA) is 89.8 Å². The van der Waals surface area contributed by atoms with Gasteiger partial charge in [0.25, 0.3) is 11.6 Å². The molecule has 0 atom stereocenters. The number of hydrogen-bond acceptors (Lipinski definition) is 4. The third-order valence-electron chi connectivity index (χ3n) is 1.58. The number of oxazole rings is 1. The lowest BCUT2D eigenvalue weighted by Gasteiger charge is -1.92. The molecular weight excluding hydrogens is 172 g/mol. The molecule has 2 heterocycles. The summed E-state index contributed by atoms with van der Waals surface area (Å²) in [6.45, 7) is 1.78. The molecular formula is C7H8N4O2. The standard InChI is InChI=1S/C7H8N4O2/c1-4-2-5(12)11(10-4)6-3-9-7(8)13-6/h2-3,10H,1H3,(H2,8,9). The molecule has 0 saturated heterocycles. The summed E-state index contributed by atoms with van der Waals surface area (Å²) < 4.78 is 6.20. The Labute approximate surface area is 73.0 Å². The maximum atomic E-state index is 11.3. The fraction of sp³-hybridized carbons (Fsp3) is 0.143. The van der Waals surface area contributed by atoms with E-state index in [2.05, 4.69) is 10.1 Å². The predicted octanol–water partition coefficient (Wildman–Crippen LogP) is 0.0442. The highest BCUT2D eigenvalue weighted by molar-refractivity contribution is 5.21. The molecule has 2 aromatic heterocycles. The molecule has 0 amide bonds.